The second kappa shape index (κ2) is 6.72. The van der Waals surface area contributed by atoms with Crippen LogP contribution in [0.15, 0.2) is 0 Å². The Morgan fingerprint density at radius 3 is 2.54 bits per heavy atom. The molecule has 0 aromatic carbocycles. The van der Waals surface area contributed by atoms with Crippen LogP contribution in [0.25, 0.3) is 0 Å². The van der Waals surface area contributed by atoms with Crippen LogP contribution in [0, 0.1) is 5.92 Å². The van der Waals surface area contributed by atoms with Crippen molar-refractivity contribution >= 4 is 11.8 Å². The van der Waals surface area contributed by atoms with Crippen molar-refractivity contribution in [2.45, 2.75) is 50.7 Å². The van der Waals surface area contributed by atoms with Gasteiger partial charge in [-0.15, -0.1) is 0 Å². The smallest absolute Gasteiger partial charge is 0.00872 e. The van der Waals surface area contributed by atoms with Crippen molar-refractivity contribution < 1.29 is 0 Å². The minimum atomic E-state index is 0.857. The number of hydrogen-bond donors (Lipinski definition) is 1. The lowest BCUT2D eigenvalue weighted by Gasteiger charge is -2.29. The van der Waals surface area contributed by atoms with Gasteiger partial charge in [-0.05, 0) is 37.5 Å². The molecule has 1 fully saturated rings. The van der Waals surface area contributed by atoms with Gasteiger partial charge < -0.3 is 5.73 Å². The van der Waals surface area contributed by atoms with Crippen LogP contribution in [0.5, 0.6) is 0 Å². The van der Waals surface area contributed by atoms with Gasteiger partial charge in [0.05, 0.1) is 0 Å². The maximum absolute atomic E-state index is 5.65. The third kappa shape index (κ3) is 3.90. The zero-order valence-corrected chi connectivity index (χ0v) is 9.61. The average Bonchev–Trinajstić information content (AvgIpc) is 2.19. The Hall–Kier alpha value is 0.310. The summed E-state index contributed by atoms with van der Waals surface area (Å²) in [7, 11) is 0. The lowest BCUT2D eigenvalue weighted by molar-refractivity contribution is 0.342. The van der Waals surface area contributed by atoms with E-state index in [9.17, 15) is 0 Å². The minimum Gasteiger partial charge on any atom is -0.330 e. The molecule has 1 rings (SSSR count). The van der Waals surface area contributed by atoms with Crippen LogP contribution in [0.1, 0.15) is 45.4 Å². The molecule has 13 heavy (non-hydrogen) atoms. The van der Waals surface area contributed by atoms with Crippen molar-refractivity contribution in [2.24, 2.45) is 11.7 Å². The number of hydrogen-bond acceptors (Lipinski definition) is 2. The normalized spacial score (nSPS) is 21.7. The standard InChI is InChI=1S/C11H23NS/c1-2-13-11(8-9-12)10-6-4-3-5-7-10/h10-11H,2-9,12H2,1H3. The largest absolute Gasteiger partial charge is 0.330 e. The van der Waals surface area contributed by atoms with Gasteiger partial charge in [-0.1, -0.05) is 26.2 Å². The highest BCUT2D eigenvalue weighted by atomic mass is 32.2. The van der Waals surface area contributed by atoms with E-state index < -0.39 is 0 Å². The van der Waals surface area contributed by atoms with Crippen LogP contribution in [-0.2, 0) is 0 Å². The van der Waals surface area contributed by atoms with Gasteiger partial charge in [0.15, 0.2) is 0 Å². The number of rotatable bonds is 5. The monoisotopic (exact) mass is 201 g/mol. The molecule has 1 saturated carbocycles. The highest BCUT2D eigenvalue weighted by Gasteiger charge is 2.22. The molecule has 0 aromatic rings. The predicted octanol–water partition coefficient (Wildman–Crippen LogP) is 3.04. The van der Waals surface area contributed by atoms with E-state index in [1.807, 2.05) is 0 Å². The molecule has 0 radical (unpaired) electrons. The van der Waals surface area contributed by atoms with Crippen LogP contribution in [0.4, 0.5) is 0 Å². The fourth-order valence-corrected chi connectivity index (χ4v) is 3.61. The quantitative estimate of drug-likeness (QED) is 0.740. The zero-order valence-electron chi connectivity index (χ0n) is 8.80. The first-order chi connectivity index (χ1) is 6.38. The van der Waals surface area contributed by atoms with Gasteiger partial charge in [0.1, 0.15) is 0 Å². The Morgan fingerprint density at radius 2 is 2.00 bits per heavy atom. The Morgan fingerprint density at radius 1 is 1.31 bits per heavy atom. The summed E-state index contributed by atoms with van der Waals surface area (Å²) in [5.74, 6) is 2.23. The van der Waals surface area contributed by atoms with Crippen molar-refractivity contribution in [3.8, 4) is 0 Å². The molecule has 0 amide bonds. The third-order valence-corrected chi connectivity index (χ3v) is 4.39. The van der Waals surface area contributed by atoms with E-state index >= 15 is 0 Å². The average molecular weight is 201 g/mol. The molecule has 0 heterocycles. The number of thioether (sulfide) groups is 1. The molecule has 1 aliphatic rings. The Kier molecular flexibility index (Phi) is 5.88. The van der Waals surface area contributed by atoms with Gasteiger partial charge in [0, 0.05) is 5.25 Å². The number of nitrogens with two attached hydrogens (primary N) is 1. The van der Waals surface area contributed by atoms with Crippen molar-refractivity contribution in [3.63, 3.8) is 0 Å². The van der Waals surface area contributed by atoms with E-state index in [-0.39, 0.29) is 0 Å². The molecule has 0 spiro atoms. The van der Waals surface area contributed by atoms with Crippen LogP contribution >= 0.6 is 11.8 Å². The summed E-state index contributed by atoms with van der Waals surface area (Å²) in [6.07, 6.45) is 8.51. The van der Waals surface area contributed by atoms with Crippen LogP contribution < -0.4 is 5.73 Å². The molecule has 0 saturated heterocycles. The molecule has 0 aliphatic heterocycles. The third-order valence-electron chi connectivity index (χ3n) is 3.01. The van der Waals surface area contributed by atoms with Crippen LogP contribution in [-0.4, -0.2) is 17.5 Å². The molecule has 2 heteroatoms. The first kappa shape index (κ1) is 11.4. The zero-order chi connectivity index (χ0) is 9.52. The predicted molar refractivity (Wildman–Crippen MR) is 62.2 cm³/mol. The van der Waals surface area contributed by atoms with Gasteiger partial charge >= 0.3 is 0 Å². The lowest BCUT2D eigenvalue weighted by Crippen LogP contribution is -2.23. The summed E-state index contributed by atoms with van der Waals surface area (Å²) in [6, 6.07) is 0. The Balaban J connectivity index is 2.32. The highest BCUT2D eigenvalue weighted by Crippen LogP contribution is 2.33. The summed E-state index contributed by atoms with van der Waals surface area (Å²) in [5, 5.41) is 0.857. The van der Waals surface area contributed by atoms with E-state index in [0.29, 0.717) is 0 Å². The Bertz CT molecular complexity index is 115. The maximum atomic E-state index is 5.65. The minimum absolute atomic E-state index is 0.857. The van der Waals surface area contributed by atoms with Gasteiger partial charge in [-0.2, -0.15) is 11.8 Å². The van der Waals surface area contributed by atoms with E-state index in [0.717, 1.165) is 17.7 Å². The molecule has 1 atom stereocenters. The van der Waals surface area contributed by atoms with Crippen molar-refractivity contribution in [2.75, 3.05) is 12.3 Å². The van der Waals surface area contributed by atoms with Crippen LogP contribution in [0.2, 0.25) is 0 Å². The summed E-state index contributed by atoms with van der Waals surface area (Å²) in [5.41, 5.74) is 5.65. The topological polar surface area (TPSA) is 26.0 Å². The lowest BCUT2D eigenvalue weighted by atomic mass is 9.86. The molecule has 1 aliphatic carbocycles. The molecule has 2 N–H and O–H groups in total. The molecular weight excluding hydrogens is 178 g/mol. The molecule has 1 unspecified atom stereocenters. The maximum Gasteiger partial charge on any atom is 0.00872 e. The van der Waals surface area contributed by atoms with Gasteiger partial charge in [0.25, 0.3) is 0 Å². The first-order valence-corrected chi connectivity index (χ1v) is 6.75. The Labute approximate surface area is 86.8 Å². The molecular formula is C11H23NS. The van der Waals surface area contributed by atoms with E-state index in [1.165, 1.54) is 44.3 Å². The second-order valence-corrected chi connectivity index (χ2v) is 5.49. The van der Waals surface area contributed by atoms with Crippen LogP contribution in [0.3, 0.4) is 0 Å². The van der Waals surface area contributed by atoms with Gasteiger partial charge in [-0.3, -0.25) is 0 Å². The second-order valence-electron chi connectivity index (χ2n) is 3.97. The summed E-state index contributed by atoms with van der Waals surface area (Å²) in [4.78, 5) is 0. The SMILES string of the molecule is CCSC(CCN)C1CCCCC1. The fourth-order valence-electron chi connectivity index (χ4n) is 2.34. The van der Waals surface area contributed by atoms with Crippen molar-refractivity contribution in [1.82, 2.24) is 0 Å². The molecule has 78 valence electrons. The van der Waals surface area contributed by atoms with E-state index in [2.05, 4.69) is 18.7 Å². The van der Waals surface area contributed by atoms with E-state index in [1.54, 1.807) is 0 Å². The fraction of sp³-hybridized carbons (Fsp3) is 1.00. The molecule has 0 aromatic heterocycles. The van der Waals surface area contributed by atoms with E-state index in [4.69, 9.17) is 5.73 Å². The summed E-state index contributed by atoms with van der Waals surface area (Å²) >= 11 is 2.13. The van der Waals surface area contributed by atoms with Crippen molar-refractivity contribution in [3.05, 3.63) is 0 Å². The summed E-state index contributed by atoms with van der Waals surface area (Å²) in [6.45, 7) is 3.13. The first-order valence-electron chi connectivity index (χ1n) is 5.70. The summed E-state index contributed by atoms with van der Waals surface area (Å²) < 4.78 is 0. The molecule has 1 nitrogen and oxygen atoms in total. The van der Waals surface area contributed by atoms with Gasteiger partial charge in [0.2, 0.25) is 0 Å². The molecule has 0 bridgehead atoms. The highest BCUT2D eigenvalue weighted by molar-refractivity contribution is 7.99. The van der Waals surface area contributed by atoms with Gasteiger partial charge in [-0.25, -0.2) is 0 Å². The van der Waals surface area contributed by atoms with Crippen molar-refractivity contribution in [1.29, 1.82) is 0 Å².